The van der Waals surface area contributed by atoms with Gasteiger partial charge in [-0.25, -0.2) is 0 Å². The van der Waals surface area contributed by atoms with Crippen LogP contribution in [0.1, 0.15) is 30.3 Å². The highest BCUT2D eigenvalue weighted by Crippen LogP contribution is 2.03. The Kier molecular flexibility index (Phi) is 4.32. The maximum Gasteiger partial charge on any atom is 0.182 e. The number of aryl methyl sites for hydroxylation is 1. The Morgan fingerprint density at radius 3 is 3.07 bits per heavy atom. The molecule has 0 aliphatic carbocycles. The minimum Gasteiger partial charge on any atom is -0.319 e. The van der Waals surface area contributed by atoms with Gasteiger partial charge >= 0.3 is 0 Å². The summed E-state index contributed by atoms with van der Waals surface area (Å²) in [6.45, 7) is 3.60. The van der Waals surface area contributed by atoms with Gasteiger partial charge in [0.15, 0.2) is 5.78 Å². The lowest BCUT2D eigenvalue weighted by atomic mass is 10.2. The summed E-state index contributed by atoms with van der Waals surface area (Å²) in [5.74, 6) is 0.158. The number of aromatic nitrogens is 2. The number of Topliss-reactive ketones (excluding diaryl/α,β-unsaturated/α-hetero) is 1. The molecule has 0 fully saturated rings. The maximum absolute atomic E-state index is 11.7. The molecule has 0 unspecified atom stereocenters. The number of nitrogens with one attached hydrogen (secondary N) is 1. The van der Waals surface area contributed by atoms with Gasteiger partial charge in [-0.3, -0.25) is 9.48 Å². The van der Waals surface area contributed by atoms with E-state index in [1.165, 1.54) is 0 Å². The molecule has 0 atom stereocenters. The molecule has 4 nitrogen and oxygen atoms in total. The van der Waals surface area contributed by atoms with Crippen LogP contribution in [0.3, 0.4) is 0 Å². The van der Waals surface area contributed by atoms with Crippen LogP contribution >= 0.6 is 0 Å². The molecule has 0 saturated carbocycles. The molecule has 1 aromatic rings. The van der Waals surface area contributed by atoms with Crippen molar-refractivity contribution in [2.45, 2.75) is 26.3 Å². The van der Waals surface area contributed by atoms with E-state index in [1.807, 2.05) is 7.05 Å². The summed E-state index contributed by atoms with van der Waals surface area (Å²) >= 11 is 0. The van der Waals surface area contributed by atoms with E-state index in [-0.39, 0.29) is 5.78 Å². The molecule has 1 aromatic heterocycles. The van der Waals surface area contributed by atoms with Crippen LogP contribution in [-0.4, -0.2) is 29.2 Å². The van der Waals surface area contributed by atoms with Gasteiger partial charge in [0.1, 0.15) is 5.69 Å². The maximum atomic E-state index is 11.7. The van der Waals surface area contributed by atoms with E-state index in [0.717, 1.165) is 25.2 Å². The van der Waals surface area contributed by atoms with E-state index >= 15 is 0 Å². The van der Waals surface area contributed by atoms with Gasteiger partial charge in [0.2, 0.25) is 0 Å². The van der Waals surface area contributed by atoms with Crippen LogP contribution < -0.4 is 5.32 Å². The van der Waals surface area contributed by atoms with Crippen LogP contribution in [0.4, 0.5) is 0 Å². The van der Waals surface area contributed by atoms with Crippen molar-refractivity contribution >= 4 is 5.78 Å². The second-order valence-electron chi connectivity index (χ2n) is 3.22. The summed E-state index contributed by atoms with van der Waals surface area (Å²) in [5.41, 5.74) is 0.724. The lowest BCUT2D eigenvalue weighted by Gasteiger charge is -2.04. The molecule has 0 spiro atoms. The molecular weight excluding hydrogens is 178 g/mol. The van der Waals surface area contributed by atoms with Crippen LogP contribution in [-0.2, 0) is 6.54 Å². The number of nitrogens with zero attached hydrogens (tertiary/aromatic N) is 2. The summed E-state index contributed by atoms with van der Waals surface area (Å²) in [6, 6.07) is 1.79. The number of carbonyl (C=O) groups excluding carboxylic acids is 1. The summed E-state index contributed by atoms with van der Waals surface area (Å²) in [7, 11) is 1.84. The number of rotatable bonds is 6. The number of ketones is 1. The topological polar surface area (TPSA) is 46.9 Å². The zero-order chi connectivity index (χ0) is 10.4. The SMILES string of the molecule is CCCn1nccc1C(=O)CCNC. The van der Waals surface area contributed by atoms with Gasteiger partial charge in [-0.15, -0.1) is 0 Å². The van der Waals surface area contributed by atoms with Crippen molar-refractivity contribution in [3.05, 3.63) is 18.0 Å². The normalized spacial score (nSPS) is 10.4. The van der Waals surface area contributed by atoms with Crippen molar-refractivity contribution in [2.24, 2.45) is 0 Å². The van der Waals surface area contributed by atoms with Gasteiger partial charge in [-0.1, -0.05) is 6.92 Å². The summed E-state index contributed by atoms with van der Waals surface area (Å²) in [6.07, 6.45) is 3.21. The quantitative estimate of drug-likeness (QED) is 0.691. The lowest BCUT2D eigenvalue weighted by molar-refractivity contribution is 0.0972. The van der Waals surface area contributed by atoms with Crippen LogP contribution in [0.25, 0.3) is 0 Å². The minimum atomic E-state index is 0.158. The molecule has 1 rings (SSSR count). The molecule has 0 aliphatic rings. The predicted octanol–water partition coefficient (Wildman–Crippen LogP) is 1.09. The first-order valence-electron chi connectivity index (χ1n) is 4.99. The fourth-order valence-corrected chi connectivity index (χ4v) is 1.33. The van der Waals surface area contributed by atoms with E-state index in [2.05, 4.69) is 17.3 Å². The van der Waals surface area contributed by atoms with Gasteiger partial charge in [-0.05, 0) is 19.5 Å². The van der Waals surface area contributed by atoms with E-state index in [1.54, 1.807) is 16.9 Å². The third-order valence-electron chi connectivity index (χ3n) is 2.04. The molecular formula is C10H17N3O. The van der Waals surface area contributed by atoms with E-state index in [0.29, 0.717) is 6.42 Å². The highest BCUT2D eigenvalue weighted by Gasteiger charge is 2.10. The second-order valence-corrected chi connectivity index (χ2v) is 3.22. The highest BCUT2D eigenvalue weighted by atomic mass is 16.1. The van der Waals surface area contributed by atoms with E-state index in [9.17, 15) is 4.79 Å². The Bertz CT molecular complexity index is 293. The van der Waals surface area contributed by atoms with Gasteiger partial charge in [0.25, 0.3) is 0 Å². The van der Waals surface area contributed by atoms with Gasteiger partial charge in [0, 0.05) is 25.7 Å². The number of carbonyl (C=O) groups is 1. The Balaban J connectivity index is 2.63. The molecule has 0 amide bonds. The molecule has 0 bridgehead atoms. The Labute approximate surface area is 84.3 Å². The third kappa shape index (κ3) is 2.67. The molecule has 0 saturated heterocycles. The van der Waals surface area contributed by atoms with Crippen molar-refractivity contribution in [1.29, 1.82) is 0 Å². The summed E-state index contributed by atoms with van der Waals surface area (Å²) < 4.78 is 1.78. The van der Waals surface area contributed by atoms with E-state index < -0.39 is 0 Å². The molecule has 4 heteroatoms. The van der Waals surface area contributed by atoms with Crippen LogP contribution in [0.15, 0.2) is 12.3 Å². The van der Waals surface area contributed by atoms with Crippen LogP contribution in [0.2, 0.25) is 0 Å². The molecule has 0 radical (unpaired) electrons. The first-order valence-corrected chi connectivity index (χ1v) is 4.99. The largest absolute Gasteiger partial charge is 0.319 e. The molecule has 0 aromatic carbocycles. The van der Waals surface area contributed by atoms with Crippen molar-refractivity contribution < 1.29 is 4.79 Å². The Morgan fingerprint density at radius 1 is 1.64 bits per heavy atom. The van der Waals surface area contributed by atoms with Gasteiger partial charge in [-0.2, -0.15) is 5.10 Å². The molecule has 78 valence electrons. The second kappa shape index (κ2) is 5.54. The predicted molar refractivity (Wildman–Crippen MR) is 55.4 cm³/mol. The standard InChI is InChI=1S/C10H17N3O/c1-3-8-13-9(4-7-12-13)10(14)5-6-11-2/h4,7,11H,3,5-6,8H2,1-2H3. The van der Waals surface area contributed by atoms with E-state index in [4.69, 9.17) is 0 Å². The Hall–Kier alpha value is -1.16. The number of hydrogen-bond acceptors (Lipinski definition) is 3. The average molecular weight is 195 g/mol. The lowest BCUT2D eigenvalue weighted by Crippen LogP contribution is -2.16. The fourth-order valence-electron chi connectivity index (χ4n) is 1.33. The summed E-state index contributed by atoms with van der Waals surface area (Å²) in [5, 5.41) is 7.07. The number of hydrogen-bond donors (Lipinski definition) is 1. The molecule has 1 heterocycles. The minimum absolute atomic E-state index is 0.158. The van der Waals surface area contributed by atoms with Crippen molar-refractivity contribution in [3.8, 4) is 0 Å². The van der Waals surface area contributed by atoms with Gasteiger partial charge in [0.05, 0.1) is 0 Å². The van der Waals surface area contributed by atoms with Gasteiger partial charge < -0.3 is 5.32 Å². The van der Waals surface area contributed by atoms with Crippen molar-refractivity contribution in [2.75, 3.05) is 13.6 Å². The molecule has 14 heavy (non-hydrogen) atoms. The molecule has 0 aliphatic heterocycles. The zero-order valence-corrected chi connectivity index (χ0v) is 8.79. The fraction of sp³-hybridized carbons (Fsp3) is 0.600. The Morgan fingerprint density at radius 2 is 2.43 bits per heavy atom. The summed E-state index contributed by atoms with van der Waals surface area (Å²) in [4.78, 5) is 11.7. The zero-order valence-electron chi connectivity index (χ0n) is 8.79. The van der Waals surface area contributed by atoms with Crippen molar-refractivity contribution in [1.82, 2.24) is 15.1 Å². The van der Waals surface area contributed by atoms with Crippen LogP contribution in [0, 0.1) is 0 Å². The first-order chi connectivity index (χ1) is 6.79. The average Bonchev–Trinajstić information content (AvgIpc) is 2.63. The third-order valence-corrected chi connectivity index (χ3v) is 2.04. The van der Waals surface area contributed by atoms with Crippen LogP contribution in [0.5, 0.6) is 0 Å². The monoisotopic (exact) mass is 195 g/mol. The smallest absolute Gasteiger partial charge is 0.182 e. The molecule has 1 N–H and O–H groups in total. The van der Waals surface area contributed by atoms with Crippen molar-refractivity contribution in [3.63, 3.8) is 0 Å². The highest BCUT2D eigenvalue weighted by molar-refractivity contribution is 5.94. The first kappa shape index (κ1) is 10.9.